The summed E-state index contributed by atoms with van der Waals surface area (Å²) in [5.41, 5.74) is 1.51. The number of para-hydroxylation sites is 1. The number of aliphatic hydroxyl groups excluding tert-OH is 1. The third kappa shape index (κ3) is 3.46. The highest BCUT2D eigenvalue weighted by Crippen LogP contribution is 2.16. The first kappa shape index (κ1) is 13.5. The zero-order valence-electron chi connectivity index (χ0n) is 10.4. The van der Waals surface area contributed by atoms with Crippen molar-refractivity contribution in [1.29, 1.82) is 0 Å². The number of hydrogen-bond acceptors (Lipinski definition) is 3. The van der Waals surface area contributed by atoms with Gasteiger partial charge in [0.05, 0.1) is 5.56 Å². The molecule has 0 heterocycles. The number of hydrogen-bond donors (Lipinski definition) is 2. The minimum absolute atomic E-state index is 0.00546. The molecular formula is C13H20N2O2. The number of carbonyl (C=O) groups is 1. The number of benzene rings is 1. The lowest BCUT2D eigenvalue weighted by Crippen LogP contribution is -2.32. The van der Waals surface area contributed by atoms with E-state index in [0.29, 0.717) is 25.1 Å². The number of rotatable bonds is 6. The largest absolute Gasteiger partial charge is 0.396 e. The van der Waals surface area contributed by atoms with Crippen LogP contribution in [0.1, 0.15) is 23.7 Å². The van der Waals surface area contributed by atoms with Gasteiger partial charge >= 0.3 is 0 Å². The number of nitrogens with one attached hydrogen (secondary N) is 1. The lowest BCUT2D eigenvalue weighted by molar-refractivity contribution is 0.0755. The van der Waals surface area contributed by atoms with Crippen molar-refractivity contribution in [2.24, 2.45) is 0 Å². The predicted molar refractivity (Wildman–Crippen MR) is 69.3 cm³/mol. The zero-order valence-corrected chi connectivity index (χ0v) is 10.4. The summed E-state index contributed by atoms with van der Waals surface area (Å²) in [4.78, 5) is 14.0. The maximum Gasteiger partial charge on any atom is 0.255 e. The Bertz CT molecular complexity index is 366. The molecule has 0 unspecified atom stereocenters. The van der Waals surface area contributed by atoms with Gasteiger partial charge in [-0.3, -0.25) is 4.79 Å². The molecule has 0 saturated heterocycles. The van der Waals surface area contributed by atoms with Crippen LogP contribution in [0.3, 0.4) is 0 Å². The van der Waals surface area contributed by atoms with Crippen LogP contribution in [0.15, 0.2) is 24.3 Å². The Morgan fingerprint density at radius 2 is 2.12 bits per heavy atom. The molecule has 0 saturated carbocycles. The van der Waals surface area contributed by atoms with Gasteiger partial charge in [-0.25, -0.2) is 0 Å². The topological polar surface area (TPSA) is 52.6 Å². The number of amides is 1. The first-order chi connectivity index (χ1) is 8.24. The van der Waals surface area contributed by atoms with Crippen molar-refractivity contribution in [2.75, 3.05) is 32.1 Å². The van der Waals surface area contributed by atoms with Crippen molar-refractivity contribution < 1.29 is 9.90 Å². The van der Waals surface area contributed by atoms with Gasteiger partial charge in [0.1, 0.15) is 0 Å². The highest BCUT2D eigenvalue weighted by atomic mass is 16.3. The molecule has 0 spiro atoms. The van der Waals surface area contributed by atoms with Crippen LogP contribution in [0.2, 0.25) is 0 Å². The van der Waals surface area contributed by atoms with E-state index in [1.165, 1.54) is 0 Å². The van der Waals surface area contributed by atoms with Gasteiger partial charge in [-0.1, -0.05) is 12.1 Å². The van der Waals surface area contributed by atoms with Crippen LogP contribution >= 0.6 is 0 Å². The van der Waals surface area contributed by atoms with Crippen LogP contribution < -0.4 is 5.32 Å². The molecule has 2 N–H and O–H groups in total. The molecule has 0 bridgehead atoms. The van der Waals surface area contributed by atoms with Gasteiger partial charge in [0.2, 0.25) is 0 Å². The summed E-state index contributed by atoms with van der Waals surface area (Å²) in [6, 6.07) is 7.45. The van der Waals surface area contributed by atoms with E-state index in [2.05, 4.69) is 5.32 Å². The van der Waals surface area contributed by atoms with Crippen molar-refractivity contribution in [3.05, 3.63) is 29.8 Å². The van der Waals surface area contributed by atoms with Gasteiger partial charge in [0, 0.05) is 32.4 Å². The Morgan fingerprint density at radius 3 is 2.71 bits per heavy atom. The average molecular weight is 236 g/mol. The molecule has 94 valence electrons. The Kier molecular flexibility index (Phi) is 5.49. The van der Waals surface area contributed by atoms with E-state index < -0.39 is 0 Å². The fourth-order valence-electron chi connectivity index (χ4n) is 1.72. The summed E-state index contributed by atoms with van der Waals surface area (Å²) >= 11 is 0. The molecule has 0 atom stereocenters. The standard InChI is InChI=1S/C13H20N2O2/c1-3-15(9-6-10-16)13(17)11-7-4-5-8-12(11)14-2/h4-5,7-8,14,16H,3,6,9-10H2,1-2H3. The predicted octanol–water partition coefficient (Wildman–Crippen LogP) is 1.57. The lowest BCUT2D eigenvalue weighted by atomic mass is 10.1. The van der Waals surface area contributed by atoms with E-state index in [4.69, 9.17) is 5.11 Å². The molecular weight excluding hydrogens is 216 g/mol. The number of carbonyl (C=O) groups excluding carboxylic acids is 1. The first-order valence-electron chi connectivity index (χ1n) is 5.91. The number of nitrogens with zero attached hydrogens (tertiary/aromatic N) is 1. The van der Waals surface area contributed by atoms with Crippen LogP contribution in [0.4, 0.5) is 5.69 Å². The fourth-order valence-corrected chi connectivity index (χ4v) is 1.72. The van der Waals surface area contributed by atoms with E-state index in [1.54, 1.807) is 11.9 Å². The Labute approximate surface area is 102 Å². The molecule has 0 radical (unpaired) electrons. The van der Waals surface area contributed by atoms with E-state index in [-0.39, 0.29) is 12.5 Å². The van der Waals surface area contributed by atoms with E-state index in [1.807, 2.05) is 31.2 Å². The summed E-state index contributed by atoms with van der Waals surface area (Å²) in [6.07, 6.45) is 0.612. The molecule has 4 heteroatoms. The Balaban J connectivity index is 2.85. The minimum Gasteiger partial charge on any atom is -0.396 e. The number of aliphatic hydroxyl groups is 1. The van der Waals surface area contributed by atoms with Gasteiger partial charge in [-0.15, -0.1) is 0 Å². The molecule has 1 amide bonds. The molecule has 0 aliphatic heterocycles. The summed E-state index contributed by atoms with van der Waals surface area (Å²) in [5.74, 6) is 0.00546. The first-order valence-corrected chi connectivity index (χ1v) is 5.91. The van der Waals surface area contributed by atoms with Crippen molar-refractivity contribution in [3.63, 3.8) is 0 Å². The van der Waals surface area contributed by atoms with E-state index in [9.17, 15) is 4.79 Å². The van der Waals surface area contributed by atoms with Crippen molar-refractivity contribution in [3.8, 4) is 0 Å². The normalized spacial score (nSPS) is 10.1. The van der Waals surface area contributed by atoms with Gasteiger partial charge in [-0.05, 0) is 25.5 Å². The Hall–Kier alpha value is -1.55. The smallest absolute Gasteiger partial charge is 0.255 e. The number of anilines is 1. The third-order valence-electron chi connectivity index (χ3n) is 2.68. The second-order valence-corrected chi connectivity index (χ2v) is 3.76. The maximum atomic E-state index is 12.3. The summed E-state index contributed by atoms with van der Waals surface area (Å²) < 4.78 is 0. The van der Waals surface area contributed by atoms with Crippen LogP contribution in [-0.2, 0) is 0 Å². The molecule has 4 nitrogen and oxygen atoms in total. The zero-order chi connectivity index (χ0) is 12.7. The van der Waals surface area contributed by atoms with Crippen molar-refractivity contribution in [2.45, 2.75) is 13.3 Å². The van der Waals surface area contributed by atoms with Gasteiger partial charge in [0.25, 0.3) is 5.91 Å². The molecule has 1 aromatic rings. The fraction of sp³-hybridized carbons (Fsp3) is 0.462. The van der Waals surface area contributed by atoms with Crippen LogP contribution in [-0.4, -0.2) is 42.7 Å². The molecule has 1 rings (SSSR count). The van der Waals surface area contributed by atoms with Crippen LogP contribution in [0, 0.1) is 0 Å². The second kappa shape index (κ2) is 6.91. The molecule has 0 fully saturated rings. The third-order valence-corrected chi connectivity index (χ3v) is 2.68. The quantitative estimate of drug-likeness (QED) is 0.788. The average Bonchev–Trinajstić information content (AvgIpc) is 2.39. The molecule has 0 aliphatic carbocycles. The van der Waals surface area contributed by atoms with Crippen molar-refractivity contribution >= 4 is 11.6 Å². The summed E-state index contributed by atoms with van der Waals surface area (Å²) in [6.45, 7) is 3.29. The maximum absolute atomic E-state index is 12.3. The highest BCUT2D eigenvalue weighted by Gasteiger charge is 2.16. The molecule has 17 heavy (non-hydrogen) atoms. The second-order valence-electron chi connectivity index (χ2n) is 3.76. The molecule has 1 aromatic carbocycles. The molecule has 0 aromatic heterocycles. The monoisotopic (exact) mass is 236 g/mol. The summed E-state index contributed by atoms with van der Waals surface area (Å²) in [5, 5.41) is 11.8. The van der Waals surface area contributed by atoms with E-state index >= 15 is 0 Å². The highest BCUT2D eigenvalue weighted by molar-refractivity contribution is 5.99. The van der Waals surface area contributed by atoms with Crippen LogP contribution in [0.5, 0.6) is 0 Å². The van der Waals surface area contributed by atoms with Gasteiger partial charge in [-0.2, -0.15) is 0 Å². The summed E-state index contributed by atoms with van der Waals surface area (Å²) in [7, 11) is 1.80. The van der Waals surface area contributed by atoms with Gasteiger partial charge < -0.3 is 15.3 Å². The van der Waals surface area contributed by atoms with Gasteiger partial charge in [0.15, 0.2) is 0 Å². The lowest BCUT2D eigenvalue weighted by Gasteiger charge is -2.21. The minimum atomic E-state index is 0.00546. The van der Waals surface area contributed by atoms with E-state index in [0.717, 1.165) is 5.69 Å². The Morgan fingerprint density at radius 1 is 1.41 bits per heavy atom. The van der Waals surface area contributed by atoms with Crippen molar-refractivity contribution in [1.82, 2.24) is 4.90 Å². The molecule has 0 aliphatic rings. The SMILES string of the molecule is CCN(CCCO)C(=O)c1ccccc1NC. The van der Waals surface area contributed by atoms with Crippen LogP contribution in [0.25, 0.3) is 0 Å².